The van der Waals surface area contributed by atoms with Crippen LogP contribution in [0.1, 0.15) is 37.4 Å². The minimum Gasteiger partial charge on any atom is -0.497 e. The van der Waals surface area contributed by atoms with Crippen LogP contribution in [0.5, 0.6) is 5.75 Å². The zero-order valence-electron chi connectivity index (χ0n) is 13.2. The first kappa shape index (κ1) is 14.8. The maximum Gasteiger partial charge on any atom is 0.119 e. The lowest BCUT2D eigenvalue weighted by atomic mass is 9.83. The van der Waals surface area contributed by atoms with Gasteiger partial charge < -0.3 is 15.2 Å². The summed E-state index contributed by atoms with van der Waals surface area (Å²) in [6.07, 6.45) is 2.77. The molecule has 1 saturated heterocycles. The molecule has 1 fully saturated rings. The van der Waals surface area contributed by atoms with Crippen molar-refractivity contribution in [1.29, 1.82) is 0 Å². The maximum absolute atomic E-state index is 6.58. The van der Waals surface area contributed by atoms with Gasteiger partial charge in [0.25, 0.3) is 0 Å². The Hall–Kier alpha value is -1.10. The lowest BCUT2D eigenvalue weighted by molar-refractivity contribution is -0.0847. The number of fused-ring (bicyclic) bond motifs is 1. The second-order valence-electron chi connectivity index (χ2n) is 6.41. The van der Waals surface area contributed by atoms with Crippen LogP contribution in [0.3, 0.4) is 0 Å². The van der Waals surface area contributed by atoms with Crippen LogP contribution in [0.4, 0.5) is 0 Å². The van der Waals surface area contributed by atoms with Crippen molar-refractivity contribution in [2.24, 2.45) is 5.73 Å². The second kappa shape index (κ2) is 5.95. The van der Waals surface area contributed by atoms with Crippen LogP contribution < -0.4 is 10.5 Å². The summed E-state index contributed by atoms with van der Waals surface area (Å²) in [5.74, 6) is 0.924. The van der Waals surface area contributed by atoms with E-state index in [1.54, 1.807) is 7.11 Å². The van der Waals surface area contributed by atoms with Crippen LogP contribution in [-0.4, -0.2) is 43.3 Å². The van der Waals surface area contributed by atoms with Crippen LogP contribution in [0.2, 0.25) is 0 Å². The number of rotatable bonds is 2. The highest BCUT2D eigenvalue weighted by Gasteiger charge is 2.35. The second-order valence-corrected chi connectivity index (χ2v) is 6.41. The molecule has 4 unspecified atom stereocenters. The molecular formula is C17H26N2O2. The third-order valence-electron chi connectivity index (χ3n) is 4.75. The van der Waals surface area contributed by atoms with Gasteiger partial charge in [0, 0.05) is 25.2 Å². The number of nitrogens with two attached hydrogens (primary N) is 1. The number of nitrogens with zero attached hydrogens (tertiary/aromatic N) is 1. The van der Waals surface area contributed by atoms with Crippen molar-refractivity contribution in [2.45, 2.75) is 51.0 Å². The Morgan fingerprint density at radius 1 is 1.24 bits per heavy atom. The first-order valence-electron chi connectivity index (χ1n) is 7.90. The number of ether oxygens (including phenoxy) is 2. The molecule has 1 aromatic carbocycles. The Morgan fingerprint density at radius 2 is 1.95 bits per heavy atom. The molecule has 4 heteroatoms. The molecular weight excluding hydrogens is 264 g/mol. The molecule has 1 aliphatic heterocycles. The number of hydrogen-bond acceptors (Lipinski definition) is 4. The van der Waals surface area contributed by atoms with E-state index in [0.717, 1.165) is 31.7 Å². The minimum atomic E-state index is 0.0807. The van der Waals surface area contributed by atoms with Crippen molar-refractivity contribution in [1.82, 2.24) is 4.90 Å². The van der Waals surface area contributed by atoms with Crippen molar-refractivity contribution in [2.75, 3.05) is 20.2 Å². The maximum atomic E-state index is 6.58. The van der Waals surface area contributed by atoms with Crippen LogP contribution in [0.15, 0.2) is 18.2 Å². The van der Waals surface area contributed by atoms with Gasteiger partial charge in [-0.15, -0.1) is 0 Å². The number of methoxy groups -OCH3 is 1. The molecule has 2 aliphatic rings. The molecule has 0 spiro atoms. The summed E-state index contributed by atoms with van der Waals surface area (Å²) in [6.45, 7) is 6.26. The van der Waals surface area contributed by atoms with E-state index in [-0.39, 0.29) is 6.04 Å². The number of aryl methyl sites for hydroxylation is 1. The lowest BCUT2D eigenvalue weighted by Crippen LogP contribution is -2.54. The summed E-state index contributed by atoms with van der Waals surface area (Å²) in [7, 11) is 1.71. The average Bonchev–Trinajstić information content (AvgIpc) is 2.46. The summed E-state index contributed by atoms with van der Waals surface area (Å²) >= 11 is 0. The van der Waals surface area contributed by atoms with Crippen molar-refractivity contribution in [3.05, 3.63) is 29.3 Å². The van der Waals surface area contributed by atoms with E-state index in [9.17, 15) is 0 Å². The van der Waals surface area contributed by atoms with Crippen LogP contribution in [0, 0.1) is 0 Å². The van der Waals surface area contributed by atoms with E-state index in [4.69, 9.17) is 15.2 Å². The molecule has 0 aromatic heterocycles. The Morgan fingerprint density at radius 3 is 2.62 bits per heavy atom. The van der Waals surface area contributed by atoms with Crippen LogP contribution in [-0.2, 0) is 11.2 Å². The quantitative estimate of drug-likeness (QED) is 0.906. The molecule has 3 rings (SSSR count). The predicted molar refractivity (Wildman–Crippen MR) is 83.6 cm³/mol. The molecule has 1 heterocycles. The summed E-state index contributed by atoms with van der Waals surface area (Å²) in [4.78, 5) is 2.52. The highest BCUT2D eigenvalue weighted by molar-refractivity contribution is 5.40. The van der Waals surface area contributed by atoms with Gasteiger partial charge in [-0.05, 0) is 49.9 Å². The van der Waals surface area contributed by atoms with E-state index in [1.165, 1.54) is 11.1 Å². The molecule has 0 amide bonds. The molecule has 1 aromatic rings. The van der Waals surface area contributed by atoms with Gasteiger partial charge in [0.05, 0.1) is 19.3 Å². The molecule has 0 radical (unpaired) electrons. The first-order valence-corrected chi connectivity index (χ1v) is 7.90. The number of morpholine rings is 1. The SMILES string of the molecule is COc1ccc2c(c1)CCC(N1CC(C)OC(C)C1)C2N. The van der Waals surface area contributed by atoms with Gasteiger partial charge in [0.1, 0.15) is 5.75 Å². The molecule has 2 N–H and O–H groups in total. The van der Waals surface area contributed by atoms with Gasteiger partial charge >= 0.3 is 0 Å². The Bertz CT molecular complexity index is 496. The van der Waals surface area contributed by atoms with Gasteiger partial charge in [-0.1, -0.05) is 6.07 Å². The van der Waals surface area contributed by atoms with E-state index in [0.29, 0.717) is 18.2 Å². The van der Waals surface area contributed by atoms with Gasteiger partial charge in [-0.3, -0.25) is 4.90 Å². The predicted octanol–water partition coefficient (Wildman–Crippen LogP) is 2.12. The summed E-state index contributed by atoms with van der Waals surface area (Å²) in [6, 6.07) is 6.79. The van der Waals surface area contributed by atoms with Crippen molar-refractivity contribution < 1.29 is 9.47 Å². The largest absolute Gasteiger partial charge is 0.497 e. The Balaban J connectivity index is 1.80. The number of benzene rings is 1. The molecule has 21 heavy (non-hydrogen) atoms. The molecule has 0 saturated carbocycles. The van der Waals surface area contributed by atoms with Crippen molar-refractivity contribution in [3.8, 4) is 5.75 Å². The van der Waals surface area contributed by atoms with E-state index in [1.807, 2.05) is 6.07 Å². The van der Waals surface area contributed by atoms with Crippen molar-refractivity contribution >= 4 is 0 Å². The molecule has 4 nitrogen and oxygen atoms in total. The summed E-state index contributed by atoms with van der Waals surface area (Å²) in [5.41, 5.74) is 9.20. The monoisotopic (exact) mass is 290 g/mol. The fourth-order valence-corrected chi connectivity index (χ4v) is 3.84. The average molecular weight is 290 g/mol. The van der Waals surface area contributed by atoms with Crippen LogP contribution in [0.25, 0.3) is 0 Å². The fraction of sp³-hybridized carbons (Fsp3) is 0.647. The minimum absolute atomic E-state index is 0.0807. The van der Waals surface area contributed by atoms with Crippen LogP contribution >= 0.6 is 0 Å². The zero-order chi connectivity index (χ0) is 15.0. The molecule has 4 atom stereocenters. The zero-order valence-corrected chi connectivity index (χ0v) is 13.2. The highest BCUT2D eigenvalue weighted by Crippen LogP contribution is 2.34. The molecule has 1 aliphatic carbocycles. The third kappa shape index (κ3) is 2.93. The number of hydrogen-bond donors (Lipinski definition) is 1. The fourth-order valence-electron chi connectivity index (χ4n) is 3.84. The summed E-state index contributed by atoms with van der Waals surface area (Å²) < 4.78 is 11.2. The van der Waals surface area contributed by atoms with E-state index in [2.05, 4.69) is 30.9 Å². The topological polar surface area (TPSA) is 47.7 Å². The third-order valence-corrected chi connectivity index (χ3v) is 4.75. The van der Waals surface area contributed by atoms with Gasteiger partial charge in [0.15, 0.2) is 0 Å². The van der Waals surface area contributed by atoms with Crippen molar-refractivity contribution in [3.63, 3.8) is 0 Å². The molecule has 116 valence electrons. The Kier molecular flexibility index (Phi) is 4.20. The smallest absolute Gasteiger partial charge is 0.119 e. The standard InChI is InChI=1S/C17H26N2O2/c1-11-9-19(10-12(2)21-11)16-7-4-13-8-14(20-3)5-6-15(13)17(16)18/h5-6,8,11-12,16-17H,4,7,9-10,18H2,1-3H3. The van der Waals surface area contributed by atoms with Gasteiger partial charge in [0.2, 0.25) is 0 Å². The normalized spacial score (nSPS) is 33.5. The lowest BCUT2D eigenvalue weighted by Gasteiger charge is -2.44. The van der Waals surface area contributed by atoms with Gasteiger partial charge in [-0.25, -0.2) is 0 Å². The highest BCUT2D eigenvalue weighted by atomic mass is 16.5. The van der Waals surface area contributed by atoms with E-state index < -0.39 is 0 Å². The molecule has 0 bridgehead atoms. The first-order chi connectivity index (χ1) is 10.1. The van der Waals surface area contributed by atoms with Gasteiger partial charge in [-0.2, -0.15) is 0 Å². The summed E-state index contributed by atoms with van der Waals surface area (Å²) in [5, 5.41) is 0. The van der Waals surface area contributed by atoms with E-state index >= 15 is 0 Å². The Labute approximate surface area is 127 Å².